The van der Waals surface area contributed by atoms with Gasteiger partial charge in [-0.1, -0.05) is 6.07 Å². The molecule has 3 rings (SSSR count). The van der Waals surface area contributed by atoms with Gasteiger partial charge in [0.05, 0.1) is 4.88 Å². The van der Waals surface area contributed by atoms with E-state index in [2.05, 4.69) is 20.5 Å². The Bertz CT molecular complexity index is 731. The van der Waals surface area contributed by atoms with Gasteiger partial charge in [0.2, 0.25) is 0 Å². The fraction of sp³-hybridized carbons (Fsp3) is 0.231. The number of aryl methyl sites for hydroxylation is 1. The molecule has 21 heavy (non-hydrogen) atoms. The minimum Gasteiger partial charge on any atom is -0.350 e. The van der Waals surface area contributed by atoms with Gasteiger partial charge in [-0.05, 0) is 11.4 Å². The summed E-state index contributed by atoms with van der Waals surface area (Å²) >= 11 is 3.10. The fourth-order valence-corrected chi connectivity index (χ4v) is 3.42. The van der Waals surface area contributed by atoms with Gasteiger partial charge in [0.25, 0.3) is 5.91 Å². The molecule has 0 fully saturated rings. The van der Waals surface area contributed by atoms with Crippen LogP contribution in [0.3, 0.4) is 0 Å². The molecule has 3 aromatic rings. The molecule has 3 heterocycles. The van der Waals surface area contributed by atoms with E-state index in [1.807, 2.05) is 29.1 Å². The van der Waals surface area contributed by atoms with Crippen LogP contribution in [0.5, 0.6) is 0 Å². The van der Waals surface area contributed by atoms with Crippen LogP contribution in [0, 0.1) is 0 Å². The quantitative estimate of drug-likeness (QED) is 0.780. The van der Waals surface area contributed by atoms with Crippen LogP contribution in [0.2, 0.25) is 0 Å². The number of nitrogens with zero attached hydrogens (tertiary/aromatic N) is 4. The topological polar surface area (TPSA) is 72.7 Å². The zero-order valence-corrected chi connectivity index (χ0v) is 12.9. The Hall–Kier alpha value is -2.06. The van der Waals surface area contributed by atoms with Crippen molar-refractivity contribution in [2.24, 2.45) is 7.05 Å². The molecular weight excluding hydrogens is 306 g/mol. The van der Waals surface area contributed by atoms with Crippen molar-refractivity contribution < 1.29 is 4.79 Å². The molecule has 1 N–H and O–H groups in total. The Kier molecular flexibility index (Phi) is 4.07. The van der Waals surface area contributed by atoms with Crippen LogP contribution in [-0.4, -0.2) is 32.2 Å². The highest BCUT2D eigenvalue weighted by Crippen LogP contribution is 2.27. The van der Waals surface area contributed by atoms with Crippen LogP contribution in [0.15, 0.2) is 29.2 Å². The molecule has 0 aliphatic heterocycles. The molecule has 0 bridgehead atoms. The van der Waals surface area contributed by atoms with Gasteiger partial charge >= 0.3 is 0 Å². The van der Waals surface area contributed by atoms with E-state index in [0.29, 0.717) is 18.7 Å². The predicted molar refractivity (Wildman–Crippen MR) is 82.5 cm³/mol. The van der Waals surface area contributed by atoms with Crippen LogP contribution in [0.25, 0.3) is 9.88 Å². The molecule has 6 nitrogen and oxygen atoms in total. The van der Waals surface area contributed by atoms with Gasteiger partial charge in [0.1, 0.15) is 22.9 Å². The number of carbonyl (C=O) groups excluding carboxylic acids is 1. The van der Waals surface area contributed by atoms with Gasteiger partial charge in [0.15, 0.2) is 0 Å². The lowest BCUT2D eigenvalue weighted by atomic mass is 10.3. The highest BCUT2D eigenvalue weighted by Gasteiger charge is 2.12. The van der Waals surface area contributed by atoms with E-state index >= 15 is 0 Å². The first kappa shape index (κ1) is 13.9. The third-order valence-electron chi connectivity index (χ3n) is 2.91. The summed E-state index contributed by atoms with van der Waals surface area (Å²) in [7, 11) is 1.88. The minimum absolute atomic E-state index is 0.156. The summed E-state index contributed by atoms with van der Waals surface area (Å²) in [6.07, 6.45) is 2.29. The molecule has 0 spiro atoms. The van der Waals surface area contributed by atoms with Crippen molar-refractivity contribution in [3.8, 4) is 9.88 Å². The summed E-state index contributed by atoms with van der Waals surface area (Å²) in [4.78, 5) is 17.5. The first-order valence-electron chi connectivity index (χ1n) is 6.34. The van der Waals surface area contributed by atoms with E-state index in [1.165, 1.54) is 11.3 Å². The van der Waals surface area contributed by atoms with Gasteiger partial charge in [-0.15, -0.1) is 32.9 Å². The molecule has 1 amide bonds. The molecule has 0 radical (unpaired) electrons. The average molecular weight is 319 g/mol. The second-order valence-electron chi connectivity index (χ2n) is 4.38. The van der Waals surface area contributed by atoms with E-state index in [9.17, 15) is 4.79 Å². The lowest BCUT2D eigenvalue weighted by Crippen LogP contribution is -2.26. The molecule has 0 aliphatic rings. The van der Waals surface area contributed by atoms with Crippen LogP contribution in [0.1, 0.15) is 16.3 Å². The van der Waals surface area contributed by atoms with Gasteiger partial charge < -0.3 is 9.88 Å². The first-order chi connectivity index (χ1) is 10.2. The summed E-state index contributed by atoms with van der Waals surface area (Å²) < 4.78 is 1.84. The number of carbonyl (C=O) groups is 1. The highest BCUT2D eigenvalue weighted by molar-refractivity contribution is 7.20. The lowest BCUT2D eigenvalue weighted by Gasteiger charge is -2.02. The number of nitrogens with one attached hydrogen (secondary N) is 1. The maximum absolute atomic E-state index is 12.0. The summed E-state index contributed by atoms with van der Waals surface area (Å²) in [6.45, 7) is 0.511. The molecule has 0 saturated heterocycles. The SMILES string of the molecule is Cn1cnnc1CCNC(=O)c1csc(-c2cccs2)n1. The molecule has 3 aromatic heterocycles. The normalized spacial score (nSPS) is 10.7. The summed E-state index contributed by atoms with van der Waals surface area (Å²) in [5.41, 5.74) is 0.460. The fourth-order valence-electron chi connectivity index (χ4n) is 1.80. The maximum Gasteiger partial charge on any atom is 0.270 e. The number of hydrogen-bond donors (Lipinski definition) is 1. The third kappa shape index (κ3) is 3.17. The summed E-state index contributed by atoms with van der Waals surface area (Å²) in [6, 6.07) is 3.97. The molecule has 0 aliphatic carbocycles. The van der Waals surface area contributed by atoms with Crippen molar-refractivity contribution in [3.05, 3.63) is 40.7 Å². The number of thiazole rings is 1. The predicted octanol–water partition coefficient (Wildman–Crippen LogP) is 1.97. The number of thiophene rings is 1. The van der Waals surface area contributed by atoms with E-state index in [1.54, 1.807) is 23.0 Å². The Morgan fingerprint density at radius 3 is 3.05 bits per heavy atom. The van der Waals surface area contributed by atoms with Crippen molar-refractivity contribution in [3.63, 3.8) is 0 Å². The zero-order valence-electron chi connectivity index (χ0n) is 11.3. The van der Waals surface area contributed by atoms with E-state index in [-0.39, 0.29) is 5.91 Å². The molecular formula is C13H13N5OS2. The monoisotopic (exact) mass is 319 g/mol. The van der Waals surface area contributed by atoms with E-state index in [4.69, 9.17) is 0 Å². The van der Waals surface area contributed by atoms with Crippen molar-refractivity contribution >= 4 is 28.6 Å². The van der Waals surface area contributed by atoms with Crippen LogP contribution < -0.4 is 5.32 Å². The van der Waals surface area contributed by atoms with Crippen LogP contribution in [0.4, 0.5) is 0 Å². The standard InChI is InChI=1S/C13H13N5OS2/c1-18-8-15-17-11(18)4-5-14-12(19)9-7-21-13(16-9)10-3-2-6-20-10/h2-3,6-8H,4-5H2,1H3,(H,14,19). The number of amides is 1. The van der Waals surface area contributed by atoms with Crippen molar-refractivity contribution in [2.75, 3.05) is 6.54 Å². The maximum atomic E-state index is 12.0. The van der Waals surface area contributed by atoms with Crippen LogP contribution >= 0.6 is 22.7 Å². The molecule has 0 unspecified atom stereocenters. The number of rotatable bonds is 5. The minimum atomic E-state index is -0.156. The van der Waals surface area contributed by atoms with Gasteiger partial charge in [0, 0.05) is 25.4 Å². The average Bonchev–Trinajstić information content (AvgIpc) is 3.19. The van der Waals surface area contributed by atoms with E-state index < -0.39 is 0 Å². The zero-order chi connectivity index (χ0) is 14.7. The van der Waals surface area contributed by atoms with Crippen molar-refractivity contribution in [1.29, 1.82) is 0 Å². The van der Waals surface area contributed by atoms with Crippen LogP contribution in [-0.2, 0) is 13.5 Å². The Labute approximate surface area is 129 Å². The lowest BCUT2D eigenvalue weighted by molar-refractivity contribution is 0.0949. The number of aromatic nitrogens is 4. The molecule has 108 valence electrons. The summed E-state index contributed by atoms with van der Waals surface area (Å²) in [5, 5.41) is 15.3. The second-order valence-corrected chi connectivity index (χ2v) is 6.18. The third-order valence-corrected chi connectivity index (χ3v) is 4.79. The molecule has 0 saturated carbocycles. The van der Waals surface area contributed by atoms with Gasteiger partial charge in [-0.25, -0.2) is 4.98 Å². The van der Waals surface area contributed by atoms with Gasteiger partial charge in [-0.3, -0.25) is 4.79 Å². The Balaban J connectivity index is 1.57. The van der Waals surface area contributed by atoms with Crippen molar-refractivity contribution in [1.82, 2.24) is 25.1 Å². The Morgan fingerprint density at radius 2 is 2.33 bits per heavy atom. The molecule has 8 heteroatoms. The molecule has 0 aromatic carbocycles. The first-order valence-corrected chi connectivity index (χ1v) is 8.10. The smallest absolute Gasteiger partial charge is 0.270 e. The second kappa shape index (κ2) is 6.15. The van der Waals surface area contributed by atoms with Gasteiger partial charge in [-0.2, -0.15) is 0 Å². The number of hydrogen-bond acceptors (Lipinski definition) is 6. The summed E-state index contributed by atoms with van der Waals surface area (Å²) in [5.74, 6) is 0.684. The molecule has 0 atom stereocenters. The largest absolute Gasteiger partial charge is 0.350 e. The highest BCUT2D eigenvalue weighted by atomic mass is 32.1. The van der Waals surface area contributed by atoms with Crippen molar-refractivity contribution in [2.45, 2.75) is 6.42 Å². The van der Waals surface area contributed by atoms with E-state index in [0.717, 1.165) is 15.7 Å². The Morgan fingerprint density at radius 1 is 1.43 bits per heavy atom.